The molecule has 5 rings (SSSR count). The molecule has 0 bridgehead atoms. The van der Waals surface area contributed by atoms with Crippen LogP contribution in [0.15, 0.2) is 88.4 Å². The van der Waals surface area contributed by atoms with Gasteiger partial charge < -0.3 is 4.52 Å². The lowest BCUT2D eigenvalue weighted by molar-refractivity contribution is 0.403. The lowest BCUT2D eigenvalue weighted by atomic mass is 9.95. The van der Waals surface area contributed by atoms with Gasteiger partial charge >= 0.3 is 0 Å². The summed E-state index contributed by atoms with van der Waals surface area (Å²) in [5.74, 6) is 0.767. The maximum Gasteiger partial charge on any atom is 0.258 e. The quantitative estimate of drug-likeness (QED) is 0.228. The van der Waals surface area contributed by atoms with Crippen molar-refractivity contribution in [3.05, 3.63) is 107 Å². The Morgan fingerprint density at radius 1 is 0.925 bits per heavy atom. The summed E-state index contributed by atoms with van der Waals surface area (Å²) in [6, 6.07) is 21.8. The summed E-state index contributed by atoms with van der Waals surface area (Å²) >= 11 is 0. The number of aromatic nitrogens is 3. The van der Waals surface area contributed by atoms with E-state index in [0.717, 1.165) is 33.8 Å². The summed E-state index contributed by atoms with van der Waals surface area (Å²) in [7, 11) is -6.66. The molecule has 0 saturated heterocycles. The van der Waals surface area contributed by atoms with Crippen LogP contribution in [0.4, 0.5) is 0 Å². The number of hydrogen-bond donors (Lipinski definition) is 0. The molecule has 1 atom stereocenters. The molecular formula is C30H27N3O5S2. The van der Waals surface area contributed by atoms with Crippen LogP contribution in [0.1, 0.15) is 40.6 Å². The molecule has 204 valence electrons. The first-order chi connectivity index (χ1) is 18.9. The molecule has 0 aliphatic heterocycles. The van der Waals surface area contributed by atoms with E-state index in [2.05, 4.69) is 15.1 Å². The van der Waals surface area contributed by atoms with E-state index in [0.29, 0.717) is 28.4 Å². The first-order valence-electron chi connectivity index (χ1n) is 12.4. The highest BCUT2D eigenvalue weighted by Gasteiger charge is 2.20. The summed E-state index contributed by atoms with van der Waals surface area (Å²) in [4.78, 5) is 9.20. The number of nitrogens with zero attached hydrogens (tertiary/aromatic N) is 3. The van der Waals surface area contributed by atoms with Gasteiger partial charge in [0, 0.05) is 35.2 Å². The van der Waals surface area contributed by atoms with Crippen LogP contribution in [0.5, 0.6) is 0 Å². The van der Waals surface area contributed by atoms with Gasteiger partial charge in [0.2, 0.25) is 0 Å². The van der Waals surface area contributed by atoms with Crippen LogP contribution in [0.3, 0.4) is 0 Å². The largest absolute Gasteiger partial charge is 0.334 e. The Bertz CT molecular complexity index is 1980. The van der Waals surface area contributed by atoms with Gasteiger partial charge in [-0.1, -0.05) is 41.6 Å². The smallest absolute Gasteiger partial charge is 0.258 e. The highest BCUT2D eigenvalue weighted by atomic mass is 32.2. The van der Waals surface area contributed by atoms with Crippen molar-refractivity contribution in [3.8, 4) is 11.1 Å². The number of sulfone groups is 2. The van der Waals surface area contributed by atoms with Gasteiger partial charge in [0.25, 0.3) is 5.89 Å². The van der Waals surface area contributed by atoms with Crippen molar-refractivity contribution in [2.24, 2.45) is 0 Å². The fourth-order valence-electron chi connectivity index (χ4n) is 4.44. The monoisotopic (exact) mass is 573 g/mol. The molecule has 0 radical (unpaired) electrons. The highest BCUT2D eigenvalue weighted by Crippen LogP contribution is 2.34. The number of fused-ring (bicyclic) bond motifs is 1. The second kappa shape index (κ2) is 10.4. The molecule has 2 heterocycles. The standard InChI is InChI=1S/C30H27N3O5S2/c1-19(39(3,34)35)25-17-24-9-6-14-31-29(24)27(18-25)23-8-5-7-21(15-23)16-28(30-32-20(2)33-38-30)22-10-12-26(13-11-22)40(4,36)37/h5-19H,1-4H3/b28-16-. The molecular weight excluding hydrogens is 546 g/mol. The summed E-state index contributed by atoms with van der Waals surface area (Å²) < 4.78 is 54.1. The lowest BCUT2D eigenvalue weighted by Gasteiger charge is -2.15. The van der Waals surface area contributed by atoms with Crippen molar-refractivity contribution >= 4 is 42.2 Å². The Morgan fingerprint density at radius 3 is 2.33 bits per heavy atom. The first kappa shape index (κ1) is 27.4. The fourth-order valence-corrected chi connectivity index (χ4v) is 5.70. The SMILES string of the molecule is Cc1noc(/C(=C\c2cccc(-c3cc(C(C)S(C)(=O)=O)cc4cccnc34)c2)c2ccc(S(C)(=O)=O)cc2)n1. The molecule has 40 heavy (non-hydrogen) atoms. The molecule has 8 nitrogen and oxygen atoms in total. The lowest BCUT2D eigenvalue weighted by Crippen LogP contribution is -2.08. The first-order valence-corrected chi connectivity index (χ1v) is 16.3. The van der Waals surface area contributed by atoms with E-state index >= 15 is 0 Å². The molecule has 0 amide bonds. The predicted octanol–water partition coefficient (Wildman–Crippen LogP) is 5.69. The normalized spacial score (nSPS) is 13.4. The number of benzene rings is 3. The average molecular weight is 574 g/mol. The van der Waals surface area contributed by atoms with E-state index in [4.69, 9.17) is 4.52 Å². The van der Waals surface area contributed by atoms with Gasteiger partial charge in [-0.15, -0.1) is 0 Å². The van der Waals surface area contributed by atoms with Crippen molar-refractivity contribution < 1.29 is 21.4 Å². The van der Waals surface area contributed by atoms with Crippen molar-refractivity contribution in [2.75, 3.05) is 12.5 Å². The molecule has 0 N–H and O–H groups in total. The second-order valence-corrected chi connectivity index (χ2v) is 14.1. The maximum absolute atomic E-state index is 12.4. The van der Waals surface area contributed by atoms with Crippen LogP contribution < -0.4 is 0 Å². The molecule has 0 fully saturated rings. The van der Waals surface area contributed by atoms with Crippen molar-refractivity contribution in [3.63, 3.8) is 0 Å². The van der Waals surface area contributed by atoms with Crippen molar-refractivity contribution in [2.45, 2.75) is 24.0 Å². The molecule has 1 unspecified atom stereocenters. The number of hydrogen-bond acceptors (Lipinski definition) is 8. The van der Waals surface area contributed by atoms with E-state index in [1.807, 2.05) is 54.6 Å². The maximum atomic E-state index is 12.4. The van der Waals surface area contributed by atoms with Gasteiger partial charge in [0.05, 0.1) is 15.7 Å². The average Bonchev–Trinajstić information content (AvgIpc) is 3.35. The molecule has 0 spiro atoms. The van der Waals surface area contributed by atoms with E-state index in [1.165, 1.54) is 6.26 Å². The van der Waals surface area contributed by atoms with Gasteiger partial charge in [-0.3, -0.25) is 4.98 Å². The van der Waals surface area contributed by atoms with E-state index in [9.17, 15) is 16.8 Å². The van der Waals surface area contributed by atoms with Gasteiger partial charge in [-0.2, -0.15) is 4.98 Å². The minimum Gasteiger partial charge on any atom is -0.334 e. The Balaban J connectivity index is 1.66. The Labute approximate surface area is 233 Å². The van der Waals surface area contributed by atoms with E-state index in [-0.39, 0.29) is 4.90 Å². The third-order valence-corrected chi connectivity index (χ3v) is 9.38. The van der Waals surface area contributed by atoms with E-state index in [1.54, 1.807) is 44.3 Å². The fraction of sp³-hybridized carbons (Fsp3) is 0.167. The number of rotatable bonds is 7. The summed E-state index contributed by atoms with van der Waals surface area (Å²) in [5.41, 5.74) is 5.27. The van der Waals surface area contributed by atoms with Crippen LogP contribution >= 0.6 is 0 Å². The molecule has 0 aliphatic carbocycles. The summed E-state index contributed by atoms with van der Waals surface area (Å²) in [6.45, 7) is 3.41. The van der Waals surface area contributed by atoms with Crippen LogP contribution in [0.25, 0.3) is 33.7 Å². The Kier molecular flexibility index (Phi) is 7.16. The topological polar surface area (TPSA) is 120 Å². The Morgan fingerprint density at radius 2 is 1.68 bits per heavy atom. The molecule has 10 heteroatoms. The molecule has 2 aromatic heterocycles. The predicted molar refractivity (Wildman–Crippen MR) is 156 cm³/mol. The molecule has 0 aliphatic rings. The minimum absolute atomic E-state index is 0.210. The number of pyridine rings is 1. The molecule has 5 aromatic rings. The van der Waals surface area contributed by atoms with Gasteiger partial charge in [0.1, 0.15) is 0 Å². The van der Waals surface area contributed by atoms with Crippen molar-refractivity contribution in [1.82, 2.24) is 15.1 Å². The molecule has 3 aromatic carbocycles. The zero-order valence-corrected chi connectivity index (χ0v) is 24.0. The van der Waals surface area contributed by atoms with E-state index < -0.39 is 24.9 Å². The Hall–Kier alpha value is -4.15. The zero-order chi connectivity index (χ0) is 28.7. The summed E-state index contributed by atoms with van der Waals surface area (Å²) in [5, 5.41) is 4.09. The highest BCUT2D eigenvalue weighted by molar-refractivity contribution is 7.91. The van der Waals surface area contributed by atoms with Gasteiger partial charge in [0.15, 0.2) is 25.5 Å². The minimum atomic E-state index is -3.35. The molecule has 0 saturated carbocycles. The van der Waals surface area contributed by atoms with Gasteiger partial charge in [-0.25, -0.2) is 16.8 Å². The van der Waals surface area contributed by atoms with Crippen LogP contribution in [0.2, 0.25) is 0 Å². The van der Waals surface area contributed by atoms with Crippen LogP contribution in [-0.2, 0) is 19.7 Å². The second-order valence-electron chi connectivity index (χ2n) is 9.74. The van der Waals surface area contributed by atoms with Gasteiger partial charge in [-0.05, 0) is 78.6 Å². The van der Waals surface area contributed by atoms with Crippen LogP contribution in [0, 0.1) is 6.92 Å². The van der Waals surface area contributed by atoms with Crippen LogP contribution in [-0.4, -0.2) is 44.5 Å². The van der Waals surface area contributed by atoms with Crippen molar-refractivity contribution in [1.29, 1.82) is 0 Å². The third kappa shape index (κ3) is 5.73. The third-order valence-electron chi connectivity index (χ3n) is 6.70. The number of aryl methyl sites for hydroxylation is 1. The zero-order valence-electron chi connectivity index (χ0n) is 22.4. The summed E-state index contributed by atoms with van der Waals surface area (Å²) in [6.07, 6.45) is 6.01.